The molecular formula is C21H28N2O3. The van der Waals surface area contributed by atoms with Crippen molar-refractivity contribution in [2.75, 3.05) is 19.7 Å². The van der Waals surface area contributed by atoms with Crippen LogP contribution in [0.5, 0.6) is 5.75 Å². The maximum Gasteiger partial charge on any atom is 0.257 e. The standard InChI is InChI=1S/C21H28N2O3/c1-2-25-19-7-5-16(6-8-19)3-4-17-9-11-23(12-10-17)21(24)18-13-20(14-22)26-15-18/h5-8,13,15,17H,2-4,9-12,14,22H2,1H3. The second kappa shape index (κ2) is 8.90. The van der Waals surface area contributed by atoms with Crippen LogP contribution in [0.2, 0.25) is 0 Å². The highest BCUT2D eigenvalue weighted by atomic mass is 16.5. The molecule has 140 valence electrons. The highest BCUT2D eigenvalue weighted by Gasteiger charge is 2.24. The van der Waals surface area contributed by atoms with E-state index >= 15 is 0 Å². The molecule has 1 amide bonds. The van der Waals surface area contributed by atoms with Gasteiger partial charge in [-0.15, -0.1) is 0 Å². The van der Waals surface area contributed by atoms with Crippen molar-refractivity contribution < 1.29 is 13.9 Å². The molecule has 0 atom stereocenters. The van der Waals surface area contributed by atoms with E-state index in [9.17, 15) is 4.79 Å². The van der Waals surface area contributed by atoms with E-state index in [1.165, 1.54) is 18.2 Å². The normalized spacial score (nSPS) is 15.2. The fourth-order valence-electron chi connectivity index (χ4n) is 3.50. The molecule has 1 saturated heterocycles. The molecule has 1 aliphatic heterocycles. The maximum atomic E-state index is 12.5. The minimum atomic E-state index is 0.0541. The second-order valence-electron chi connectivity index (χ2n) is 6.86. The lowest BCUT2D eigenvalue weighted by Crippen LogP contribution is -2.38. The summed E-state index contributed by atoms with van der Waals surface area (Å²) in [5.41, 5.74) is 7.50. The van der Waals surface area contributed by atoms with Crippen LogP contribution in [-0.4, -0.2) is 30.5 Å². The number of nitrogens with zero attached hydrogens (tertiary/aromatic N) is 1. The first-order valence-corrected chi connectivity index (χ1v) is 9.48. The van der Waals surface area contributed by atoms with Gasteiger partial charge < -0.3 is 19.8 Å². The van der Waals surface area contributed by atoms with Crippen LogP contribution >= 0.6 is 0 Å². The van der Waals surface area contributed by atoms with E-state index < -0.39 is 0 Å². The first-order valence-electron chi connectivity index (χ1n) is 9.48. The van der Waals surface area contributed by atoms with Crippen molar-refractivity contribution in [1.29, 1.82) is 0 Å². The molecule has 0 unspecified atom stereocenters. The van der Waals surface area contributed by atoms with Gasteiger partial charge in [-0.1, -0.05) is 12.1 Å². The van der Waals surface area contributed by atoms with Gasteiger partial charge in [0.25, 0.3) is 5.91 Å². The van der Waals surface area contributed by atoms with Crippen LogP contribution in [0.15, 0.2) is 41.0 Å². The SMILES string of the molecule is CCOc1ccc(CCC2CCN(C(=O)c3coc(CN)c3)CC2)cc1. The molecule has 2 aromatic rings. The predicted molar refractivity (Wildman–Crippen MR) is 101 cm³/mol. The zero-order valence-electron chi connectivity index (χ0n) is 15.4. The summed E-state index contributed by atoms with van der Waals surface area (Å²) >= 11 is 0. The summed E-state index contributed by atoms with van der Waals surface area (Å²) in [6.07, 6.45) is 5.88. The minimum absolute atomic E-state index is 0.0541. The molecule has 5 heteroatoms. The third-order valence-corrected chi connectivity index (χ3v) is 5.08. The van der Waals surface area contributed by atoms with Gasteiger partial charge in [-0.25, -0.2) is 0 Å². The predicted octanol–water partition coefficient (Wildman–Crippen LogP) is 3.62. The van der Waals surface area contributed by atoms with Crippen LogP contribution in [0.4, 0.5) is 0 Å². The van der Waals surface area contributed by atoms with Crippen molar-refractivity contribution in [3.63, 3.8) is 0 Å². The van der Waals surface area contributed by atoms with Crippen LogP contribution in [0.3, 0.4) is 0 Å². The number of ether oxygens (including phenoxy) is 1. The molecule has 1 aromatic heterocycles. The Hall–Kier alpha value is -2.27. The minimum Gasteiger partial charge on any atom is -0.494 e. The number of hydrogen-bond donors (Lipinski definition) is 1. The van der Waals surface area contributed by atoms with Crippen molar-refractivity contribution in [3.8, 4) is 5.75 Å². The monoisotopic (exact) mass is 356 g/mol. The molecule has 1 aliphatic rings. The molecule has 26 heavy (non-hydrogen) atoms. The number of hydrogen-bond acceptors (Lipinski definition) is 4. The number of furan rings is 1. The number of nitrogens with two attached hydrogens (primary N) is 1. The lowest BCUT2D eigenvalue weighted by molar-refractivity contribution is 0.0686. The van der Waals surface area contributed by atoms with E-state index in [4.69, 9.17) is 14.9 Å². The van der Waals surface area contributed by atoms with Crippen molar-refractivity contribution in [2.45, 2.75) is 39.2 Å². The Morgan fingerprint density at radius 2 is 2.00 bits per heavy atom. The van der Waals surface area contributed by atoms with E-state index in [1.54, 1.807) is 6.07 Å². The number of aryl methyl sites for hydroxylation is 1. The smallest absolute Gasteiger partial charge is 0.257 e. The summed E-state index contributed by atoms with van der Waals surface area (Å²) < 4.78 is 10.8. The first kappa shape index (κ1) is 18.5. The number of rotatable bonds is 7. The van der Waals surface area contributed by atoms with Gasteiger partial charge in [-0.2, -0.15) is 0 Å². The van der Waals surface area contributed by atoms with E-state index in [0.29, 0.717) is 30.4 Å². The van der Waals surface area contributed by atoms with Crippen molar-refractivity contribution in [1.82, 2.24) is 4.90 Å². The highest BCUT2D eigenvalue weighted by molar-refractivity contribution is 5.94. The molecule has 3 rings (SSSR count). The molecule has 1 aromatic carbocycles. The number of benzene rings is 1. The summed E-state index contributed by atoms with van der Waals surface area (Å²) in [6.45, 7) is 4.64. The fourth-order valence-corrected chi connectivity index (χ4v) is 3.50. The third-order valence-electron chi connectivity index (χ3n) is 5.08. The lowest BCUT2D eigenvalue weighted by Gasteiger charge is -2.31. The van der Waals surface area contributed by atoms with Crippen molar-refractivity contribution in [3.05, 3.63) is 53.5 Å². The zero-order valence-corrected chi connectivity index (χ0v) is 15.4. The fraction of sp³-hybridized carbons (Fsp3) is 0.476. The van der Waals surface area contributed by atoms with Gasteiger partial charge in [0.2, 0.25) is 0 Å². The average molecular weight is 356 g/mol. The summed E-state index contributed by atoms with van der Waals surface area (Å²) in [6, 6.07) is 10.1. The van der Waals surface area contributed by atoms with Gasteiger partial charge in [0.05, 0.1) is 18.7 Å². The molecule has 1 fully saturated rings. The van der Waals surface area contributed by atoms with E-state index in [-0.39, 0.29) is 5.91 Å². The number of piperidine rings is 1. The van der Waals surface area contributed by atoms with Crippen molar-refractivity contribution >= 4 is 5.91 Å². The molecule has 0 radical (unpaired) electrons. The van der Waals surface area contributed by atoms with Crippen LogP contribution in [0.25, 0.3) is 0 Å². The number of carbonyl (C=O) groups is 1. The molecule has 2 N–H and O–H groups in total. The number of amides is 1. The summed E-state index contributed by atoms with van der Waals surface area (Å²) in [7, 11) is 0. The summed E-state index contributed by atoms with van der Waals surface area (Å²) in [5, 5.41) is 0. The molecular weight excluding hydrogens is 328 g/mol. The zero-order chi connectivity index (χ0) is 18.4. The highest BCUT2D eigenvalue weighted by Crippen LogP contribution is 2.24. The molecule has 0 saturated carbocycles. The Bertz CT molecular complexity index is 700. The van der Waals surface area contributed by atoms with Gasteiger partial charge in [0.15, 0.2) is 0 Å². The van der Waals surface area contributed by atoms with Crippen LogP contribution in [-0.2, 0) is 13.0 Å². The van der Waals surface area contributed by atoms with E-state index in [1.807, 2.05) is 24.0 Å². The first-order chi connectivity index (χ1) is 12.7. The largest absolute Gasteiger partial charge is 0.494 e. The van der Waals surface area contributed by atoms with Crippen LogP contribution < -0.4 is 10.5 Å². The van der Waals surface area contributed by atoms with Crippen LogP contribution in [0.1, 0.15) is 47.9 Å². The Labute approximate surface area is 155 Å². The summed E-state index contributed by atoms with van der Waals surface area (Å²) in [5.74, 6) is 2.31. The summed E-state index contributed by atoms with van der Waals surface area (Å²) in [4.78, 5) is 14.4. The number of likely N-dealkylation sites (tertiary alicyclic amines) is 1. The van der Waals surface area contributed by atoms with Crippen molar-refractivity contribution in [2.24, 2.45) is 11.7 Å². The molecule has 0 spiro atoms. The molecule has 0 bridgehead atoms. The molecule has 5 nitrogen and oxygen atoms in total. The lowest BCUT2D eigenvalue weighted by atomic mass is 9.90. The van der Waals surface area contributed by atoms with Gasteiger partial charge >= 0.3 is 0 Å². The van der Waals surface area contributed by atoms with Gasteiger partial charge in [0, 0.05) is 13.1 Å². The molecule has 2 heterocycles. The average Bonchev–Trinajstić information content (AvgIpc) is 3.17. The van der Waals surface area contributed by atoms with Gasteiger partial charge in [0.1, 0.15) is 17.8 Å². The van der Waals surface area contributed by atoms with E-state index in [0.717, 1.165) is 38.1 Å². The molecule has 0 aliphatic carbocycles. The quantitative estimate of drug-likeness (QED) is 0.823. The van der Waals surface area contributed by atoms with Gasteiger partial charge in [-0.3, -0.25) is 4.79 Å². The number of carbonyl (C=O) groups excluding carboxylic acids is 1. The Kier molecular flexibility index (Phi) is 6.34. The Morgan fingerprint density at radius 1 is 1.27 bits per heavy atom. The second-order valence-corrected chi connectivity index (χ2v) is 6.86. The van der Waals surface area contributed by atoms with Gasteiger partial charge in [-0.05, 0) is 62.3 Å². The maximum absolute atomic E-state index is 12.5. The topological polar surface area (TPSA) is 68.7 Å². The Balaban J connectivity index is 1.44. The Morgan fingerprint density at radius 3 is 2.62 bits per heavy atom. The van der Waals surface area contributed by atoms with E-state index in [2.05, 4.69) is 12.1 Å². The third kappa shape index (κ3) is 4.67. The van der Waals surface area contributed by atoms with Crippen LogP contribution in [0, 0.1) is 5.92 Å².